The molecule has 1 unspecified atom stereocenters. The van der Waals surface area contributed by atoms with E-state index >= 15 is 0 Å². The first-order chi connectivity index (χ1) is 13.9. The number of rotatable bonds is 7. The zero-order chi connectivity index (χ0) is 21.1. The Bertz CT molecular complexity index is 968. The van der Waals surface area contributed by atoms with Gasteiger partial charge < -0.3 is 19.5 Å². The third-order valence-electron chi connectivity index (χ3n) is 4.86. The van der Waals surface area contributed by atoms with Crippen molar-refractivity contribution in [1.29, 1.82) is 0 Å². The molecule has 1 aliphatic heterocycles. The van der Waals surface area contributed by atoms with Crippen LogP contribution in [0.3, 0.4) is 0 Å². The number of ether oxygens (including phenoxy) is 2. The molecule has 1 saturated heterocycles. The second kappa shape index (κ2) is 8.98. The largest absolute Gasteiger partial charge is 0.507 e. The lowest BCUT2D eigenvalue weighted by molar-refractivity contribution is -0.140. The molecule has 1 amide bonds. The third-order valence-corrected chi connectivity index (χ3v) is 6.23. The van der Waals surface area contributed by atoms with Gasteiger partial charge >= 0.3 is 0 Å². The summed E-state index contributed by atoms with van der Waals surface area (Å²) < 4.78 is 10.2. The minimum absolute atomic E-state index is 0.0687. The summed E-state index contributed by atoms with van der Waals surface area (Å²) in [6, 6.07) is 6.02. The molecule has 0 radical (unpaired) electrons. The molecule has 0 bridgehead atoms. The normalized spacial score (nSPS) is 18.5. The van der Waals surface area contributed by atoms with Gasteiger partial charge in [-0.15, -0.1) is 11.3 Å². The van der Waals surface area contributed by atoms with Crippen molar-refractivity contribution in [1.82, 2.24) is 4.90 Å². The Morgan fingerprint density at radius 2 is 2.03 bits per heavy atom. The predicted molar refractivity (Wildman–Crippen MR) is 113 cm³/mol. The van der Waals surface area contributed by atoms with E-state index in [0.717, 1.165) is 10.4 Å². The summed E-state index contributed by atoms with van der Waals surface area (Å²) in [6.07, 6.45) is 0.582. The minimum Gasteiger partial charge on any atom is -0.507 e. The number of carbonyl (C=O) groups is 2. The molecule has 0 aliphatic carbocycles. The number of benzene rings is 1. The first kappa shape index (κ1) is 21.4. The highest BCUT2D eigenvalue weighted by Crippen LogP contribution is 2.43. The molecule has 0 spiro atoms. The van der Waals surface area contributed by atoms with Crippen LogP contribution in [0.1, 0.15) is 28.5 Å². The van der Waals surface area contributed by atoms with E-state index in [1.807, 2.05) is 18.4 Å². The number of amides is 1. The van der Waals surface area contributed by atoms with Crippen LogP contribution >= 0.6 is 22.9 Å². The summed E-state index contributed by atoms with van der Waals surface area (Å²) >= 11 is 7.64. The van der Waals surface area contributed by atoms with Crippen LogP contribution in [0.4, 0.5) is 0 Å². The fourth-order valence-electron chi connectivity index (χ4n) is 3.40. The van der Waals surface area contributed by atoms with E-state index in [1.165, 1.54) is 29.4 Å². The molecule has 2 aromatic rings. The van der Waals surface area contributed by atoms with Gasteiger partial charge in [-0.2, -0.15) is 0 Å². The van der Waals surface area contributed by atoms with E-state index in [0.29, 0.717) is 35.9 Å². The van der Waals surface area contributed by atoms with Gasteiger partial charge in [0.2, 0.25) is 0 Å². The van der Waals surface area contributed by atoms with E-state index in [9.17, 15) is 14.7 Å². The van der Waals surface area contributed by atoms with Gasteiger partial charge in [-0.25, -0.2) is 0 Å². The van der Waals surface area contributed by atoms with Crippen molar-refractivity contribution in [3.05, 3.63) is 56.2 Å². The molecule has 154 valence electrons. The summed E-state index contributed by atoms with van der Waals surface area (Å²) in [7, 11) is 3.08. The molecule has 6 nitrogen and oxygen atoms in total. The molecule has 3 rings (SSSR count). The highest BCUT2D eigenvalue weighted by atomic mass is 35.5. The Balaban J connectivity index is 2.12. The highest BCUT2D eigenvalue weighted by Gasteiger charge is 2.46. The number of ketones is 1. The van der Waals surface area contributed by atoms with Gasteiger partial charge in [0.05, 0.1) is 23.7 Å². The first-order valence-corrected chi connectivity index (χ1v) is 10.3. The van der Waals surface area contributed by atoms with Crippen LogP contribution in [0.5, 0.6) is 5.75 Å². The Morgan fingerprint density at radius 1 is 1.28 bits per heavy atom. The van der Waals surface area contributed by atoms with Crippen molar-refractivity contribution in [3.8, 4) is 5.75 Å². The molecule has 1 aliphatic rings. The summed E-state index contributed by atoms with van der Waals surface area (Å²) in [6.45, 7) is 2.74. The van der Waals surface area contributed by atoms with Crippen LogP contribution in [0.25, 0.3) is 5.76 Å². The zero-order valence-electron chi connectivity index (χ0n) is 16.4. The highest BCUT2D eigenvalue weighted by molar-refractivity contribution is 7.10. The third kappa shape index (κ3) is 4.03. The predicted octanol–water partition coefficient (Wildman–Crippen LogP) is 4.18. The number of hydrogen-bond donors (Lipinski definition) is 1. The van der Waals surface area contributed by atoms with E-state index < -0.39 is 17.7 Å². The Labute approximate surface area is 178 Å². The van der Waals surface area contributed by atoms with Crippen molar-refractivity contribution in [3.63, 3.8) is 0 Å². The lowest BCUT2D eigenvalue weighted by atomic mass is 9.98. The van der Waals surface area contributed by atoms with E-state index in [4.69, 9.17) is 21.1 Å². The monoisotopic (exact) mass is 435 g/mol. The smallest absolute Gasteiger partial charge is 0.295 e. The number of aliphatic hydroxyl groups excluding tert-OH is 1. The van der Waals surface area contributed by atoms with Crippen molar-refractivity contribution in [2.24, 2.45) is 0 Å². The number of aliphatic hydroxyl groups is 1. The molecule has 0 saturated carbocycles. The number of Topliss-reactive ketones (excluding diaryl/α,β-unsaturated/α-hetero) is 1. The number of carbonyl (C=O) groups excluding carboxylic acids is 2. The van der Waals surface area contributed by atoms with Crippen LogP contribution in [-0.2, 0) is 14.3 Å². The summed E-state index contributed by atoms with van der Waals surface area (Å²) in [5.41, 5.74) is 1.38. The summed E-state index contributed by atoms with van der Waals surface area (Å²) in [5, 5.41) is 13.2. The maximum Gasteiger partial charge on any atom is 0.295 e. The number of hydrogen-bond acceptors (Lipinski definition) is 6. The average molecular weight is 436 g/mol. The Kier molecular flexibility index (Phi) is 6.62. The topological polar surface area (TPSA) is 76.1 Å². The molecule has 1 aromatic heterocycles. The number of methoxy groups -OCH3 is 2. The maximum atomic E-state index is 12.9. The van der Waals surface area contributed by atoms with Gasteiger partial charge in [0.1, 0.15) is 11.5 Å². The van der Waals surface area contributed by atoms with Gasteiger partial charge in [-0.05, 0) is 48.6 Å². The van der Waals surface area contributed by atoms with E-state index in [-0.39, 0.29) is 11.3 Å². The van der Waals surface area contributed by atoms with E-state index in [2.05, 4.69) is 0 Å². The number of halogens is 1. The van der Waals surface area contributed by atoms with Crippen LogP contribution < -0.4 is 4.74 Å². The molecule has 1 N–H and O–H groups in total. The van der Waals surface area contributed by atoms with Crippen LogP contribution in [0.15, 0.2) is 35.2 Å². The number of aryl methyl sites for hydroxylation is 1. The number of thiophene rings is 1. The number of nitrogens with zero attached hydrogens (tertiary/aromatic N) is 1. The summed E-state index contributed by atoms with van der Waals surface area (Å²) in [5.74, 6) is -1.13. The molecular weight excluding hydrogens is 414 g/mol. The second-order valence-electron chi connectivity index (χ2n) is 6.66. The van der Waals surface area contributed by atoms with Crippen molar-refractivity contribution >= 4 is 40.4 Å². The number of likely N-dealkylation sites (tertiary alicyclic amines) is 1. The standard InChI is InChI=1S/C21H22ClNO5S/c1-12-7-10-29-20(12)17-16(19(25)21(26)23(17)8-4-9-27-2)18(24)13-5-6-15(28-3)14(22)11-13/h5-7,10-11,17,24H,4,8-9H2,1-3H3/b18-16-. The summed E-state index contributed by atoms with van der Waals surface area (Å²) in [4.78, 5) is 28.0. The quantitative estimate of drug-likeness (QED) is 0.305. The Hall–Kier alpha value is -2.35. The van der Waals surface area contributed by atoms with Crippen LogP contribution in [0.2, 0.25) is 5.02 Å². The van der Waals surface area contributed by atoms with Gasteiger partial charge in [-0.3, -0.25) is 9.59 Å². The van der Waals surface area contributed by atoms with Crippen LogP contribution in [0, 0.1) is 6.92 Å². The molecule has 1 fully saturated rings. The van der Waals surface area contributed by atoms with Gasteiger partial charge in [0, 0.05) is 30.7 Å². The Morgan fingerprint density at radius 3 is 2.62 bits per heavy atom. The van der Waals surface area contributed by atoms with Crippen molar-refractivity contribution in [2.45, 2.75) is 19.4 Å². The minimum atomic E-state index is -0.704. The molecule has 1 aromatic carbocycles. The van der Waals surface area contributed by atoms with Crippen molar-refractivity contribution < 1.29 is 24.2 Å². The average Bonchev–Trinajstić information content (AvgIpc) is 3.23. The lowest BCUT2D eigenvalue weighted by Crippen LogP contribution is -2.31. The fraction of sp³-hybridized carbons (Fsp3) is 0.333. The lowest BCUT2D eigenvalue weighted by Gasteiger charge is -2.24. The van der Waals surface area contributed by atoms with Crippen molar-refractivity contribution in [2.75, 3.05) is 27.4 Å². The molecule has 2 heterocycles. The van der Waals surface area contributed by atoms with Gasteiger partial charge in [0.15, 0.2) is 0 Å². The maximum absolute atomic E-state index is 12.9. The molecule has 8 heteroatoms. The van der Waals surface area contributed by atoms with E-state index in [1.54, 1.807) is 19.2 Å². The molecular formula is C21H22ClNO5S. The SMILES string of the molecule is COCCCN1C(=O)C(=O)/C(=C(\O)c2ccc(OC)c(Cl)c2)C1c1sccc1C. The molecule has 1 atom stereocenters. The fourth-order valence-corrected chi connectivity index (χ4v) is 4.70. The zero-order valence-corrected chi connectivity index (χ0v) is 18.0. The second-order valence-corrected chi connectivity index (χ2v) is 8.01. The van der Waals surface area contributed by atoms with Crippen LogP contribution in [-0.4, -0.2) is 49.1 Å². The first-order valence-electron chi connectivity index (χ1n) is 9.06. The molecule has 29 heavy (non-hydrogen) atoms. The van der Waals surface area contributed by atoms with Gasteiger partial charge in [0.25, 0.3) is 11.7 Å². The van der Waals surface area contributed by atoms with Gasteiger partial charge in [-0.1, -0.05) is 11.6 Å².